The Morgan fingerprint density at radius 3 is 2.27 bits per heavy atom. The van der Waals surface area contributed by atoms with Crippen LogP contribution in [-0.2, 0) is 22.6 Å². The van der Waals surface area contributed by atoms with Gasteiger partial charge in [0.15, 0.2) is 0 Å². The molecule has 1 heterocycles. The summed E-state index contributed by atoms with van der Waals surface area (Å²) < 4.78 is 83.6. The number of nitrogens with zero attached hydrogens (tertiary/aromatic N) is 2. The Morgan fingerprint density at radius 2 is 1.82 bits per heavy atom. The van der Waals surface area contributed by atoms with Crippen LogP contribution in [0.25, 0.3) is 11.0 Å². The van der Waals surface area contributed by atoms with Crippen LogP contribution in [0.4, 0.5) is 22.0 Å². The molecule has 11 heteroatoms. The predicted octanol–water partition coefficient (Wildman–Crippen LogP) is 3.64. The normalized spacial score (nSPS) is 13.8. The fourth-order valence-electron chi connectivity index (χ4n) is 1.95. The van der Waals surface area contributed by atoms with Crippen LogP contribution in [0.5, 0.6) is 0 Å². The lowest BCUT2D eigenvalue weighted by molar-refractivity contribution is -0.146. The van der Waals surface area contributed by atoms with Gasteiger partial charge in [-0.25, -0.2) is 13.4 Å². The van der Waals surface area contributed by atoms with E-state index in [9.17, 15) is 30.4 Å². The number of fused-ring (bicyclic) bond motifs is 1. The number of imidazole rings is 1. The zero-order valence-corrected chi connectivity index (χ0v) is 12.4. The van der Waals surface area contributed by atoms with Crippen LogP contribution < -0.4 is 0 Å². The average molecular weight is 363 g/mol. The Kier molecular flexibility index (Phi) is 3.89. The first-order chi connectivity index (χ1) is 9.89. The van der Waals surface area contributed by atoms with Crippen LogP contribution in [0.1, 0.15) is 12.7 Å². The molecule has 0 amide bonds. The first-order valence-corrected chi connectivity index (χ1v) is 7.64. The Morgan fingerprint density at radius 1 is 1.23 bits per heavy atom. The molecule has 0 spiro atoms. The number of halogens is 6. The van der Waals surface area contributed by atoms with Crippen molar-refractivity contribution in [3.05, 3.63) is 24.0 Å². The van der Waals surface area contributed by atoms with Gasteiger partial charge in [0, 0.05) is 6.54 Å². The molecule has 1 aromatic heterocycles. The molecule has 0 unspecified atom stereocenters. The minimum Gasteiger partial charge on any atom is -0.321 e. The lowest BCUT2D eigenvalue weighted by Gasteiger charge is -2.10. The third-order valence-corrected chi connectivity index (χ3v) is 5.00. The Hall–Kier alpha value is -1.42. The van der Waals surface area contributed by atoms with E-state index in [2.05, 4.69) is 16.6 Å². The smallest absolute Gasteiger partial charge is 0.321 e. The molecule has 0 fully saturated rings. The number of hydrogen-bond acceptors (Lipinski definition) is 3. The molecule has 0 N–H and O–H groups in total. The highest BCUT2D eigenvalue weighted by atomic mass is 35.5. The number of aryl methyl sites for hydroxylation is 1. The van der Waals surface area contributed by atoms with Gasteiger partial charge < -0.3 is 4.57 Å². The highest BCUT2D eigenvalue weighted by molar-refractivity contribution is 7.93. The van der Waals surface area contributed by atoms with Gasteiger partial charge in [-0.2, -0.15) is 22.0 Å². The van der Waals surface area contributed by atoms with Crippen LogP contribution >= 0.6 is 11.6 Å². The summed E-state index contributed by atoms with van der Waals surface area (Å²) >= 11 is 4.52. The van der Waals surface area contributed by atoms with Crippen molar-refractivity contribution in [2.45, 2.75) is 29.3 Å². The van der Waals surface area contributed by atoms with Gasteiger partial charge in [-0.15, -0.1) is 0 Å². The van der Waals surface area contributed by atoms with Gasteiger partial charge in [0.05, 0.1) is 15.9 Å². The maximum atomic E-state index is 12.9. The monoisotopic (exact) mass is 362 g/mol. The lowest BCUT2D eigenvalue weighted by Crippen LogP contribution is -2.21. The number of aromatic nitrogens is 2. The minimum absolute atomic E-state index is 0.0216. The number of rotatable bonds is 3. The van der Waals surface area contributed by atoms with Crippen LogP contribution in [0.3, 0.4) is 0 Å². The third-order valence-electron chi connectivity index (χ3n) is 2.90. The molecule has 0 saturated carbocycles. The molecule has 0 aliphatic heterocycles. The number of alkyl halides is 6. The van der Waals surface area contributed by atoms with E-state index in [1.807, 2.05) is 0 Å². The van der Waals surface area contributed by atoms with E-state index in [1.54, 1.807) is 0 Å². The first kappa shape index (κ1) is 16.9. The van der Waals surface area contributed by atoms with Crippen molar-refractivity contribution >= 4 is 32.5 Å². The molecule has 22 heavy (non-hydrogen) atoms. The molecule has 2 aromatic rings. The predicted molar refractivity (Wildman–Crippen MR) is 68.4 cm³/mol. The molecule has 0 aliphatic rings. The highest BCUT2D eigenvalue weighted by Crippen LogP contribution is 2.36. The van der Waals surface area contributed by atoms with E-state index in [1.165, 1.54) is 6.92 Å². The fraction of sp³-hybridized carbons (Fsp3) is 0.364. The van der Waals surface area contributed by atoms with E-state index < -0.39 is 31.4 Å². The number of hydrogen-bond donors (Lipinski definition) is 0. The summed E-state index contributed by atoms with van der Waals surface area (Å²) in [6.45, 7) is 1.36. The van der Waals surface area contributed by atoms with E-state index in [-0.39, 0.29) is 17.6 Å². The second kappa shape index (κ2) is 5.05. The number of benzene rings is 1. The van der Waals surface area contributed by atoms with Gasteiger partial charge in [-0.3, -0.25) is 0 Å². The molecule has 2 rings (SSSR count). The zero-order valence-electron chi connectivity index (χ0n) is 10.8. The highest BCUT2D eigenvalue weighted by Gasteiger charge is 2.44. The third kappa shape index (κ3) is 2.65. The SMILES string of the molecule is CCn1c(C(F)(F)F)nc2cc(S(=O)(=O)C(F)(F)Cl)ccc21. The Balaban J connectivity index is 2.73. The van der Waals surface area contributed by atoms with Crippen molar-refractivity contribution in [2.75, 3.05) is 0 Å². The molecule has 4 nitrogen and oxygen atoms in total. The average Bonchev–Trinajstić information content (AvgIpc) is 2.74. The van der Waals surface area contributed by atoms with Gasteiger partial charge in [0.1, 0.15) is 0 Å². The van der Waals surface area contributed by atoms with E-state index in [0.29, 0.717) is 6.07 Å². The standard InChI is InChI=1S/C11H8ClF5N2O2S/c1-2-19-8-4-3-6(22(20,21)11(12,16)17)5-7(8)18-9(19)10(13,14)15/h3-5H,2H2,1H3. The van der Waals surface area contributed by atoms with Crippen molar-refractivity contribution in [1.82, 2.24) is 9.55 Å². The van der Waals surface area contributed by atoms with E-state index >= 15 is 0 Å². The largest absolute Gasteiger partial charge is 0.449 e. The fourth-order valence-corrected chi connectivity index (χ4v) is 3.00. The lowest BCUT2D eigenvalue weighted by atomic mass is 10.3. The molecule has 122 valence electrons. The molecule has 0 radical (unpaired) electrons. The van der Waals surface area contributed by atoms with Gasteiger partial charge in [0.25, 0.3) is 9.84 Å². The van der Waals surface area contributed by atoms with Crippen molar-refractivity contribution in [1.29, 1.82) is 0 Å². The molecule has 1 aromatic carbocycles. The summed E-state index contributed by atoms with van der Waals surface area (Å²) in [6.07, 6.45) is -4.76. The van der Waals surface area contributed by atoms with Crippen molar-refractivity contribution in [3.63, 3.8) is 0 Å². The van der Waals surface area contributed by atoms with E-state index in [4.69, 9.17) is 0 Å². The molecule has 0 bridgehead atoms. The maximum absolute atomic E-state index is 12.9. The topological polar surface area (TPSA) is 52.0 Å². The van der Waals surface area contributed by atoms with Gasteiger partial charge in [-0.1, -0.05) is 0 Å². The summed E-state index contributed by atoms with van der Waals surface area (Å²) in [5.41, 5.74) is -0.386. The maximum Gasteiger partial charge on any atom is 0.449 e. The van der Waals surface area contributed by atoms with Crippen molar-refractivity contribution in [2.24, 2.45) is 0 Å². The van der Waals surface area contributed by atoms with Gasteiger partial charge in [0.2, 0.25) is 5.82 Å². The zero-order chi connectivity index (χ0) is 16.9. The summed E-state index contributed by atoms with van der Waals surface area (Å²) in [5.74, 6) is -1.24. The first-order valence-electron chi connectivity index (χ1n) is 5.78. The number of sulfone groups is 1. The Labute approximate surface area is 126 Å². The van der Waals surface area contributed by atoms with Crippen LogP contribution in [-0.4, -0.2) is 22.7 Å². The van der Waals surface area contributed by atoms with Crippen molar-refractivity contribution < 1.29 is 30.4 Å². The molecule has 0 atom stereocenters. The molecule has 0 saturated heterocycles. The summed E-state index contributed by atoms with van der Waals surface area (Å²) in [5, 5.41) is 0. The van der Waals surface area contributed by atoms with Crippen LogP contribution in [0.15, 0.2) is 23.1 Å². The van der Waals surface area contributed by atoms with E-state index in [0.717, 1.165) is 16.7 Å². The van der Waals surface area contributed by atoms with Gasteiger partial charge in [-0.05, 0) is 36.7 Å². The van der Waals surface area contributed by atoms with Gasteiger partial charge >= 0.3 is 10.9 Å². The molecular formula is C11H8ClF5N2O2S. The molecule has 0 aliphatic carbocycles. The second-order valence-corrected chi connectivity index (χ2v) is 6.97. The summed E-state index contributed by atoms with van der Waals surface area (Å²) in [6, 6.07) is 2.39. The van der Waals surface area contributed by atoms with Crippen molar-refractivity contribution in [3.8, 4) is 0 Å². The quantitative estimate of drug-likeness (QED) is 0.619. The second-order valence-electron chi connectivity index (χ2n) is 4.28. The van der Waals surface area contributed by atoms with Crippen LogP contribution in [0, 0.1) is 0 Å². The Bertz CT molecular complexity index is 823. The van der Waals surface area contributed by atoms with Crippen LogP contribution in [0.2, 0.25) is 0 Å². The summed E-state index contributed by atoms with van der Waals surface area (Å²) in [4.78, 5) is 2.39. The molecular weight excluding hydrogens is 355 g/mol. The summed E-state index contributed by atoms with van der Waals surface area (Å²) in [7, 11) is -5.21. The minimum atomic E-state index is -5.21.